The number of H-pyrrole nitrogens is 1. The predicted octanol–water partition coefficient (Wildman–Crippen LogP) is 3.51. The number of carbonyl (C=O) groups is 1. The first-order chi connectivity index (χ1) is 13.6. The van der Waals surface area contributed by atoms with E-state index in [4.69, 9.17) is 10.2 Å². The molecule has 1 heterocycles. The zero-order valence-corrected chi connectivity index (χ0v) is 16.3. The average Bonchev–Trinajstić information content (AvgIpc) is 3.12. The van der Waals surface area contributed by atoms with E-state index in [1.165, 1.54) is 11.6 Å². The third-order valence-electron chi connectivity index (χ3n) is 4.79. The quantitative estimate of drug-likeness (QED) is 0.318. The normalized spacial score (nSPS) is 11.6. The Morgan fingerprint density at radius 3 is 2.54 bits per heavy atom. The fraction of sp³-hybridized carbons (Fsp3) is 0.273. The largest absolute Gasteiger partial charge is 0.342 e. The monoisotopic (exact) mass is 378 g/mol. The summed E-state index contributed by atoms with van der Waals surface area (Å²) in [7, 11) is 0. The molecule has 0 fully saturated rings. The summed E-state index contributed by atoms with van der Waals surface area (Å²) in [6.45, 7) is 7.37. The molecular formula is C22H26N4O2. The van der Waals surface area contributed by atoms with Crippen LogP contribution in [0.15, 0.2) is 48.5 Å². The number of nitrogens with zero attached hydrogens (tertiary/aromatic N) is 2. The molecule has 0 aliphatic heterocycles. The first-order valence-electron chi connectivity index (χ1n) is 9.52. The van der Waals surface area contributed by atoms with Gasteiger partial charge in [0.15, 0.2) is 0 Å². The molecule has 0 radical (unpaired) electrons. The molecule has 0 unspecified atom stereocenters. The lowest BCUT2D eigenvalue weighted by Crippen LogP contribution is -2.21. The van der Waals surface area contributed by atoms with Crippen LogP contribution in [-0.2, 0) is 17.8 Å². The van der Waals surface area contributed by atoms with Crippen LogP contribution in [0.3, 0.4) is 0 Å². The van der Waals surface area contributed by atoms with Crippen molar-refractivity contribution in [2.24, 2.45) is 0 Å². The molecule has 1 amide bonds. The van der Waals surface area contributed by atoms with Gasteiger partial charge in [-0.15, -0.1) is 0 Å². The predicted molar refractivity (Wildman–Crippen MR) is 111 cm³/mol. The minimum absolute atomic E-state index is 0.549. The molecule has 0 bridgehead atoms. The highest BCUT2D eigenvalue weighted by atomic mass is 16.5. The van der Waals surface area contributed by atoms with E-state index in [2.05, 4.69) is 41.9 Å². The molecule has 2 aromatic carbocycles. The van der Waals surface area contributed by atoms with Crippen LogP contribution < -0.4 is 5.48 Å². The molecule has 3 N–H and O–H groups in total. The summed E-state index contributed by atoms with van der Waals surface area (Å²) < 4.78 is 0. The molecule has 3 aromatic rings. The van der Waals surface area contributed by atoms with Gasteiger partial charge in [-0.3, -0.25) is 14.9 Å². The summed E-state index contributed by atoms with van der Waals surface area (Å²) in [5, 5.41) is 8.50. The number of imidazole rings is 1. The van der Waals surface area contributed by atoms with Gasteiger partial charge in [-0.25, -0.2) is 10.5 Å². The van der Waals surface area contributed by atoms with Gasteiger partial charge in [-0.1, -0.05) is 44.2 Å². The number of rotatable bonds is 8. The van der Waals surface area contributed by atoms with Gasteiger partial charge in [0.05, 0.1) is 11.0 Å². The van der Waals surface area contributed by atoms with E-state index in [1.807, 2.05) is 24.3 Å². The van der Waals surface area contributed by atoms with E-state index in [0.29, 0.717) is 6.42 Å². The van der Waals surface area contributed by atoms with Crippen molar-refractivity contribution >= 4 is 23.0 Å². The van der Waals surface area contributed by atoms with Crippen LogP contribution in [0.4, 0.5) is 0 Å². The Labute approximate surface area is 164 Å². The molecule has 0 spiro atoms. The number of hydroxylamine groups is 1. The number of fused-ring (bicyclic) bond motifs is 1. The van der Waals surface area contributed by atoms with Crippen molar-refractivity contribution < 1.29 is 10.0 Å². The summed E-state index contributed by atoms with van der Waals surface area (Å²) in [6, 6.07) is 14.3. The second-order valence-electron chi connectivity index (χ2n) is 6.72. The standard InChI is InChI=1S/C22H26N4O2/c1-3-26(4-2)15-18-9-11-19-20(13-18)24-21(23-19)14-17-7-5-16(6-8-17)10-12-22(27)25-28/h5-13,28H,3-4,14-15H2,1-2H3,(H,23,24)(H,25,27)/b12-10+. The molecule has 0 aliphatic carbocycles. The third kappa shape index (κ3) is 5.06. The number of aromatic amines is 1. The molecule has 3 rings (SSSR count). The number of carbonyl (C=O) groups excluding carboxylic acids is 1. The first kappa shape index (κ1) is 19.8. The zero-order chi connectivity index (χ0) is 19.9. The Kier molecular flexibility index (Phi) is 6.57. The SMILES string of the molecule is CCN(CC)Cc1ccc2[nH]c(Cc3ccc(/C=C/C(=O)NO)cc3)nc2c1. The molecule has 6 heteroatoms. The minimum Gasteiger partial charge on any atom is -0.342 e. The van der Waals surface area contributed by atoms with Crippen molar-refractivity contribution in [1.82, 2.24) is 20.3 Å². The molecule has 28 heavy (non-hydrogen) atoms. The van der Waals surface area contributed by atoms with Gasteiger partial charge in [0.25, 0.3) is 5.91 Å². The second-order valence-corrected chi connectivity index (χ2v) is 6.72. The van der Waals surface area contributed by atoms with Crippen LogP contribution >= 0.6 is 0 Å². The molecule has 1 aromatic heterocycles. The molecule has 6 nitrogen and oxygen atoms in total. The number of hydrogen-bond donors (Lipinski definition) is 3. The Hall–Kier alpha value is -2.96. The number of amides is 1. The Bertz CT molecular complexity index is 956. The van der Waals surface area contributed by atoms with E-state index in [-0.39, 0.29) is 0 Å². The smallest absolute Gasteiger partial charge is 0.267 e. The van der Waals surface area contributed by atoms with Crippen LogP contribution in [0.2, 0.25) is 0 Å². The average molecular weight is 378 g/mol. The van der Waals surface area contributed by atoms with Crippen molar-refractivity contribution in [3.8, 4) is 0 Å². The van der Waals surface area contributed by atoms with Crippen molar-refractivity contribution in [3.05, 3.63) is 71.1 Å². The third-order valence-corrected chi connectivity index (χ3v) is 4.79. The molecule has 146 valence electrons. The van der Waals surface area contributed by atoms with Gasteiger partial charge < -0.3 is 4.98 Å². The van der Waals surface area contributed by atoms with Gasteiger partial charge in [0.2, 0.25) is 0 Å². The topological polar surface area (TPSA) is 81.2 Å². The van der Waals surface area contributed by atoms with E-state index >= 15 is 0 Å². The van der Waals surface area contributed by atoms with Gasteiger partial charge in [0, 0.05) is 19.0 Å². The van der Waals surface area contributed by atoms with Crippen molar-refractivity contribution in [1.29, 1.82) is 0 Å². The Morgan fingerprint density at radius 2 is 1.86 bits per heavy atom. The summed E-state index contributed by atoms with van der Waals surface area (Å²) in [5.74, 6) is 0.379. The number of aromatic nitrogens is 2. The summed E-state index contributed by atoms with van der Waals surface area (Å²) in [4.78, 5) is 21.6. The first-order valence-corrected chi connectivity index (χ1v) is 9.52. The fourth-order valence-electron chi connectivity index (χ4n) is 3.14. The highest BCUT2D eigenvalue weighted by molar-refractivity contribution is 5.90. The fourth-order valence-corrected chi connectivity index (χ4v) is 3.14. The van der Waals surface area contributed by atoms with Crippen LogP contribution in [-0.4, -0.2) is 39.1 Å². The van der Waals surface area contributed by atoms with Gasteiger partial charge in [0.1, 0.15) is 5.82 Å². The maximum Gasteiger partial charge on any atom is 0.267 e. The molecule has 0 atom stereocenters. The van der Waals surface area contributed by atoms with E-state index in [9.17, 15) is 4.79 Å². The Morgan fingerprint density at radius 1 is 1.14 bits per heavy atom. The van der Waals surface area contributed by atoms with Crippen molar-refractivity contribution in [2.45, 2.75) is 26.8 Å². The lowest BCUT2D eigenvalue weighted by molar-refractivity contribution is -0.124. The Balaban J connectivity index is 1.70. The van der Waals surface area contributed by atoms with Gasteiger partial charge >= 0.3 is 0 Å². The van der Waals surface area contributed by atoms with E-state index in [0.717, 1.165) is 47.6 Å². The van der Waals surface area contributed by atoms with Crippen molar-refractivity contribution in [2.75, 3.05) is 13.1 Å². The van der Waals surface area contributed by atoms with E-state index in [1.54, 1.807) is 11.6 Å². The summed E-state index contributed by atoms with van der Waals surface area (Å²) >= 11 is 0. The maximum atomic E-state index is 11.0. The number of nitrogens with one attached hydrogen (secondary N) is 2. The summed E-state index contributed by atoms with van der Waals surface area (Å²) in [6.07, 6.45) is 3.64. The number of benzene rings is 2. The maximum absolute atomic E-state index is 11.0. The zero-order valence-electron chi connectivity index (χ0n) is 16.3. The highest BCUT2D eigenvalue weighted by Gasteiger charge is 2.07. The number of hydrogen-bond acceptors (Lipinski definition) is 4. The van der Waals surface area contributed by atoms with Crippen LogP contribution in [0.1, 0.15) is 36.4 Å². The molecule has 0 saturated carbocycles. The van der Waals surface area contributed by atoms with Crippen LogP contribution in [0.25, 0.3) is 17.1 Å². The minimum atomic E-state index is -0.549. The molecule has 0 aliphatic rings. The van der Waals surface area contributed by atoms with Crippen LogP contribution in [0.5, 0.6) is 0 Å². The van der Waals surface area contributed by atoms with Crippen LogP contribution in [0, 0.1) is 0 Å². The lowest BCUT2D eigenvalue weighted by Gasteiger charge is -2.17. The van der Waals surface area contributed by atoms with Gasteiger partial charge in [-0.2, -0.15) is 0 Å². The second kappa shape index (κ2) is 9.30. The molecule has 0 saturated heterocycles. The van der Waals surface area contributed by atoms with Crippen molar-refractivity contribution in [3.63, 3.8) is 0 Å². The summed E-state index contributed by atoms with van der Waals surface area (Å²) in [5.41, 5.74) is 6.91. The van der Waals surface area contributed by atoms with E-state index < -0.39 is 5.91 Å². The highest BCUT2D eigenvalue weighted by Crippen LogP contribution is 2.17. The lowest BCUT2D eigenvalue weighted by atomic mass is 10.1. The molecular weight excluding hydrogens is 352 g/mol. The van der Waals surface area contributed by atoms with Gasteiger partial charge in [-0.05, 0) is 48.0 Å².